The first kappa shape index (κ1) is 20.3. The first-order valence-corrected chi connectivity index (χ1v) is 9.51. The molecule has 0 atom stereocenters. The lowest BCUT2D eigenvalue weighted by Gasteiger charge is -2.13. The second kappa shape index (κ2) is 10.2. The van der Waals surface area contributed by atoms with Gasteiger partial charge in [-0.1, -0.05) is 28.9 Å². The Morgan fingerprint density at radius 3 is 2.69 bits per heavy atom. The van der Waals surface area contributed by atoms with Crippen molar-refractivity contribution in [2.24, 2.45) is 4.99 Å². The van der Waals surface area contributed by atoms with Crippen molar-refractivity contribution in [1.29, 1.82) is 0 Å². The number of aromatic nitrogens is 3. The van der Waals surface area contributed by atoms with Crippen LogP contribution in [0.25, 0.3) is 11.6 Å². The highest BCUT2D eigenvalue weighted by Crippen LogP contribution is 2.19. The molecule has 2 N–H and O–H groups in total. The van der Waals surface area contributed by atoms with Crippen molar-refractivity contribution in [3.8, 4) is 17.3 Å². The van der Waals surface area contributed by atoms with Crippen molar-refractivity contribution in [2.45, 2.75) is 19.8 Å². The summed E-state index contributed by atoms with van der Waals surface area (Å²) in [5, 5.41) is 10.6. The first-order valence-electron chi connectivity index (χ1n) is 9.51. The van der Waals surface area contributed by atoms with Crippen LogP contribution in [-0.2, 0) is 12.8 Å². The maximum absolute atomic E-state index is 5.43. The van der Waals surface area contributed by atoms with Crippen LogP contribution in [0.4, 0.5) is 0 Å². The minimum absolute atomic E-state index is 0.426. The van der Waals surface area contributed by atoms with E-state index in [2.05, 4.69) is 43.7 Å². The third-order valence-electron chi connectivity index (χ3n) is 4.34. The average Bonchev–Trinajstić information content (AvgIpc) is 3.22. The third kappa shape index (κ3) is 5.78. The Bertz CT molecular complexity index is 939. The summed E-state index contributed by atoms with van der Waals surface area (Å²) in [6, 6.07) is 11.8. The van der Waals surface area contributed by atoms with Gasteiger partial charge in [0.2, 0.25) is 0 Å². The van der Waals surface area contributed by atoms with Crippen LogP contribution in [0.5, 0.6) is 5.75 Å². The number of ether oxygens (including phenoxy) is 1. The number of pyridine rings is 1. The molecule has 3 rings (SSSR count). The monoisotopic (exact) mass is 394 g/mol. The Morgan fingerprint density at radius 2 is 1.97 bits per heavy atom. The number of hydrogen-bond donors (Lipinski definition) is 2. The Balaban J connectivity index is 1.44. The number of nitrogens with one attached hydrogen (secondary N) is 2. The van der Waals surface area contributed by atoms with Crippen molar-refractivity contribution in [3.63, 3.8) is 0 Å². The smallest absolute Gasteiger partial charge is 0.276 e. The summed E-state index contributed by atoms with van der Waals surface area (Å²) in [5.41, 5.74) is 3.06. The van der Waals surface area contributed by atoms with Gasteiger partial charge < -0.3 is 19.9 Å². The molecule has 0 aliphatic rings. The minimum Gasteiger partial charge on any atom is -0.496 e. The van der Waals surface area contributed by atoms with E-state index in [1.54, 1.807) is 20.4 Å². The maximum atomic E-state index is 5.43. The van der Waals surface area contributed by atoms with Crippen molar-refractivity contribution in [2.75, 3.05) is 27.2 Å². The molecule has 2 heterocycles. The van der Waals surface area contributed by atoms with Crippen LogP contribution in [0, 0.1) is 6.92 Å². The van der Waals surface area contributed by atoms with E-state index in [0.29, 0.717) is 30.4 Å². The molecule has 0 radical (unpaired) electrons. The van der Waals surface area contributed by atoms with Gasteiger partial charge in [-0.05, 0) is 37.1 Å². The normalized spacial score (nSPS) is 11.3. The first-order chi connectivity index (χ1) is 14.2. The van der Waals surface area contributed by atoms with E-state index in [-0.39, 0.29) is 0 Å². The fraction of sp³-hybridized carbons (Fsp3) is 0.333. The van der Waals surface area contributed by atoms with Crippen LogP contribution in [0.2, 0.25) is 0 Å². The molecular formula is C21H26N6O2. The standard InChI is InChI=1S/C21H26N6O2/c1-15-7-8-18(28-3)16(14-15)9-12-24-21(22-2)25-13-10-19-26-20(29-27-19)17-6-4-5-11-23-17/h4-8,11,14H,9-10,12-13H2,1-3H3,(H2,22,24,25). The molecule has 0 aliphatic carbocycles. The number of benzene rings is 1. The van der Waals surface area contributed by atoms with E-state index in [0.717, 1.165) is 24.7 Å². The van der Waals surface area contributed by atoms with Crippen molar-refractivity contribution in [1.82, 2.24) is 25.8 Å². The van der Waals surface area contributed by atoms with E-state index in [1.807, 2.05) is 30.3 Å². The topological polar surface area (TPSA) is 97.5 Å². The minimum atomic E-state index is 0.426. The molecule has 29 heavy (non-hydrogen) atoms. The molecule has 0 saturated carbocycles. The summed E-state index contributed by atoms with van der Waals surface area (Å²) in [4.78, 5) is 12.8. The molecule has 8 heteroatoms. The lowest BCUT2D eigenvalue weighted by Crippen LogP contribution is -2.39. The van der Waals surface area contributed by atoms with Gasteiger partial charge in [0.05, 0.1) is 7.11 Å². The molecule has 1 aromatic carbocycles. The molecular weight excluding hydrogens is 368 g/mol. The number of aryl methyl sites for hydroxylation is 1. The molecule has 0 amide bonds. The van der Waals surface area contributed by atoms with Crippen molar-refractivity contribution >= 4 is 5.96 Å². The maximum Gasteiger partial charge on any atom is 0.276 e. The zero-order valence-electron chi connectivity index (χ0n) is 17.0. The molecule has 152 valence electrons. The molecule has 0 bridgehead atoms. The molecule has 0 fully saturated rings. The lowest BCUT2D eigenvalue weighted by molar-refractivity contribution is 0.409. The zero-order chi connectivity index (χ0) is 20.5. The molecule has 0 unspecified atom stereocenters. The van der Waals surface area contributed by atoms with E-state index < -0.39 is 0 Å². The van der Waals surface area contributed by atoms with Gasteiger partial charge in [0, 0.05) is 32.8 Å². The third-order valence-corrected chi connectivity index (χ3v) is 4.34. The Morgan fingerprint density at radius 1 is 1.14 bits per heavy atom. The van der Waals surface area contributed by atoms with Gasteiger partial charge in [0.25, 0.3) is 5.89 Å². The predicted octanol–water partition coefficient (Wildman–Crippen LogP) is 2.40. The summed E-state index contributed by atoms with van der Waals surface area (Å²) in [6.07, 6.45) is 3.15. The van der Waals surface area contributed by atoms with Crippen LogP contribution >= 0.6 is 0 Å². The zero-order valence-corrected chi connectivity index (χ0v) is 17.0. The summed E-state index contributed by atoms with van der Waals surface area (Å²) in [6.45, 7) is 3.45. The molecule has 0 aliphatic heterocycles. The van der Waals surface area contributed by atoms with E-state index >= 15 is 0 Å². The van der Waals surface area contributed by atoms with Crippen molar-refractivity contribution in [3.05, 3.63) is 59.5 Å². The van der Waals surface area contributed by atoms with Crippen LogP contribution in [0.15, 0.2) is 52.1 Å². The van der Waals surface area contributed by atoms with Gasteiger partial charge in [-0.15, -0.1) is 0 Å². The van der Waals surface area contributed by atoms with Crippen LogP contribution in [-0.4, -0.2) is 48.3 Å². The number of nitrogens with zero attached hydrogens (tertiary/aromatic N) is 4. The SMILES string of the molecule is CN=C(NCCc1noc(-c2ccccn2)n1)NCCc1cc(C)ccc1OC. The Labute approximate surface area is 170 Å². The van der Waals surface area contributed by atoms with E-state index in [4.69, 9.17) is 9.26 Å². The quantitative estimate of drug-likeness (QED) is 0.447. The molecule has 3 aromatic rings. The van der Waals surface area contributed by atoms with Gasteiger partial charge in [-0.3, -0.25) is 9.98 Å². The van der Waals surface area contributed by atoms with Gasteiger partial charge in [0.15, 0.2) is 11.8 Å². The van der Waals surface area contributed by atoms with Crippen molar-refractivity contribution < 1.29 is 9.26 Å². The number of hydrogen-bond acceptors (Lipinski definition) is 6. The van der Waals surface area contributed by atoms with E-state index in [1.165, 1.54) is 11.1 Å². The fourth-order valence-electron chi connectivity index (χ4n) is 2.88. The summed E-state index contributed by atoms with van der Waals surface area (Å²) in [7, 11) is 3.44. The number of aliphatic imine (C=N–C) groups is 1. The fourth-order valence-corrected chi connectivity index (χ4v) is 2.88. The number of rotatable bonds is 8. The summed E-state index contributed by atoms with van der Waals surface area (Å²) < 4.78 is 10.7. The molecule has 0 spiro atoms. The predicted molar refractivity (Wildman–Crippen MR) is 112 cm³/mol. The van der Waals surface area contributed by atoms with Gasteiger partial charge in [-0.2, -0.15) is 4.98 Å². The van der Waals surface area contributed by atoms with Crippen LogP contribution in [0.3, 0.4) is 0 Å². The molecule has 2 aromatic heterocycles. The molecule has 8 nitrogen and oxygen atoms in total. The average molecular weight is 394 g/mol. The Hall–Kier alpha value is -3.42. The highest BCUT2D eigenvalue weighted by Gasteiger charge is 2.09. The molecule has 0 saturated heterocycles. The van der Waals surface area contributed by atoms with Gasteiger partial charge in [-0.25, -0.2) is 0 Å². The highest BCUT2D eigenvalue weighted by molar-refractivity contribution is 5.79. The number of methoxy groups -OCH3 is 1. The summed E-state index contributed by atoms with van der Waals surface area (Å²) >= 11 is 0. The lowest BCUT2D eigenvalue weighted by atomic mass is 10.1. The summed E-state index contributed by atoms with van der Waals surface area (Å²) in [5.74, 6) is 2.68. The van der Waals surface area contributed by atoms with Crippen LogP contribution < -0.4 is 15.4 Å². The Kier molecular flexibility index (Phi) is 7.16. The second-order valence-corrected chi connectivity index (χ2v) is 6.47. The second-order valence-electron chi connectivity index (χ2n) is 6.47. The highest BCUT2D eigenvalue weighted by atomic mass is 16.5. The van der Waals surface area contributed by atoms with Crippen LogP contribution in [0.1, 0.15) is 17.0 Å². The van der Waals surface area contributed by atoms with Gasteiger partial charge in [0.1, 0.15) is 11.4 Å². The number of guanidine groups is 1. The van der Waals surface area contributed by atoms with Gasteiger partial charge >= 0.3 is 0 Å². The largest absolute Gasteiger partial charge is 0.496 e. The van der Waals surface area contributed by atoms with E-state index in [9.17, 15) is 0 Å².